The SMILES string of the molecule is CC1=CC(COC(=O)C(C)(C)C)(COC(=O)C(C)(C)C)CC1C. The van der Waals surface area contributed by atoms with Gasteiger partial charge in [-0.2, -0.15) is 0 Å². The first kappa shape index (κ1) is 19.7. The fraction of sp³-hybridized carbons (Fsp3) is 0.789. The van der Waals surface area contributed by atoms with E-state index in [1.54, 1.807) is 0 Å². The lowest BCUT2D eigenvalue weighted by molar-refractivity contribution is -0.162. The predicted molar refractivity (Wildman–Crippen MR) is 90.8 cm³/mol. The summed E-state index contributed by atoms with van der Waals surface area (Å²) in [5.41, 5.74) is -0.229. The fourth-order valence-electron chi connectivity index (χ4n) is 2.55. The van der Waals surface area contributed by atoms with E-state index >= 15 is 0 Å². The number of hydrogen-bond donors (Lipinski definition) is 0. The van der Waals surface area contributed by atoms with E-state index < -0.39 is 16.2 Å². The Morgan fingerprint density at radius 1 is 1.04 bits per heavy atom. The van der Waals surface area contributed by atoms with Crippen LogP contribution in [0.15, 0.2) is 11.6 Å². The monoisotopic (exact) mass is 324 g/mol. The van der Waals surface area contributed by atoms with E-state index in [-0.39, 0.29) is 25.2 Å². The summed E-state index contributed by atoms with van der Waals surface area (Å²) in [4.78, 5) is 24.1. The van der Waals surface area contributed by atoms with Crippen LogP contribution >= 0.6 is 0 Å². The van der Waals surface area contributed by atoms with Crippen LogP contribution in [0.1, 0.15) is 61.8 Å². The molecule has 0 aliphatic heterocycles. The number of hydrogen-bond acceptors (Lipinski definition) is 4. The lowest BCUT2D eigenvalue weighted by Gasteiger charge is -2.30. The highest BCUT2D eigenvalue weighted by molar-refractivity contribution is 5.76. The van der Waals surface area contributed by atoms with Crippen LogP contribution in [0.2, 0.25) is 0 Å². The number of ether oxygens (including phenoxy) is 2. The molecule has 0 bridgehead atoms. The van der Waals surface area contributed by atoms with E-state index in [0.717, 1.165) is 6.42 Å². The first-order chi connectivity index (χ1) is 10.3. The van der Waals surface area contributed by atoms with Crippen LogP contribution in [0.25, 0.3) is 0 Å². The zero-order valence-electron chi connectivity index (χ0n) is 15.9. The van der Waals surface area contributed by atoms with E-state index in [1.807, 2.05) is 41.5 Å². The Morgan fingerprint density at radius 3 is 1.70 bits per heavy atom. The molecule has 1 rings (SSSR count). The topological polar surface area (TPSA) is 52.6 Å². The van der Waals surface area contributed by atoms with E-state index in [1.165, 1.54) is 5.57 Å². The van der Waals surface area contributed by atoms with Gasteiger partial charge in [0.05, 0.1) is 16.2 Å². The first-order valence-corrected chi connectivity index (χ1v) is 8.31. The molecule has 0 aromatic rings. The molecule has 1 aliphatic rings. The molecule has 0 heterocycles. The van der Waals surface area contributed by atoms with Gasteiger partial charge in [0.25, 0.3) is 0 Å². The summed E-state index contributed by atoms with van der Waals surface area (Å²) in [6.45, 7) is 15.7. The van der Waals surface area contributed by atoms with Crippen LogP contribution in [0.5, 0.6) is 0 Å². The van der Waals surface area contributed by atoms with Crippen LogP contribution in [0.4, 0.5) is 0 Å². The Balaban J connectivity index is 2.81. The Kier molecular flexibility index (Phi) is 5.71. The van der Waals surface area contributed by atoms with Crippen molar-refractivity contribution in [3.05, 3.63) is 11.6 Å². The molecule has 0 N–H and O–H groups in total. The van der Waals surface area contributed by atoms with Crippen molar-refractivity contribution in [3.8, 4) is 0 Å². The molecule has 1 unspecified atom stereocenters. The number of carbonyl (C=O) groups is 2. The summed E-state index contributed by atoms with van der Waals surface area (Å²) in [6.07, 6.45) is 2.94. The van der Waals surface area contributed by atoms with Gasteiger partial charge in [-0.15, -0.1) is 0 Å². The van der Waals surface area contributed by atoms with Gasteiger partial charge < -0.3 is 9.47 Å². The summed E-state index contributed by atoms with van der Waals surface area (Å²) in [5.74, 6) is -0.0639. The van der Waals surface area contributed by atoms with Gasteiger partial charge in [0.15, 0.2) is 0 Å². The Hall–Kier alpha value is -1.32. The highest BCUT2D eigenvalue weighted by Gasteiger charge is 2.40. The molecule has 4 nitrogen and oxygen atoms in total. The van der Waals surface area contributed by atoms with E-state index in [9.17, 15) is 9.59 Å². The van der Waals surface area contributed by atoms with Crippen molar-refractivity contribution >= 4 is 11.9 Å². The summed E-state index contributed by atoms with van der Waals surface area (Å²) in [5, 5.41) is 0. The van der Waals surface area contributed by atoms with Crippen molar-refractivity contribution in [1.82, 2.24) is 0 Å². The average Bonchev–Trinajstić information content (AvgIpc) is 2.67. The number of rotatable bonds is 4. The lowest BCUT2D eigenvalue weighted by atomic mass is 9.87. The Labute approximate surface area is 140 Å². The lowest BCUT2D eigenvalue weighted by Crippen LogP contribution is -2.36. The minimum atomic E-state index is -0.535. The highest BCUT2D eigenvalue weighted by atomic mass is 16.5. The zero-order valence-corrected chi connectivity index (χ0v) is 15.9. The third-order valence-corrected chi connectivity index (χ3v) is 4.23. The third-order valence-electron chi connectivity index (χ3n) is 4.23. The quantitative estimate of drug-likeness (QED) is 0.576. The second kappa shape index (κ2) is 6.66. The first-order valence-electron chi connectivity index (χ1n) is 8.31. The van der Waals surface area contributed by atoms with Crippen molar-refractivity contribution in [2.45, 2.75) is 61.8 Å². The van der Waals surface area contributed by atoms with Crippen molar-refractivity contribution in [2.24, 2.45) is 22.2 Å². The van der Waals surface area contributed by atoms with Crippen LogP contribution < -0.4 is 0 Å². The number of carbonyl (C=O) groups excluding carboxylic acids is 2. The van der Waals surface area contributed by atoms with Gasteiger partial charge in [0.2, 0.25) is 0 Å². The van der Waals surface area contributed by atoms with Gasteiger partial charge in [-0.1, -0.05) is 18.6 Å². The maximum Gasteiger partial charge on any atom is 0.311 e. The zero-order chi connectivity index (χ0) is 18.1. The molecule has 0 amide bonds. The molecular weight excluding hydrogens is 292 g/mol. The summed E-state index contributed by atoms with van der Waals surface area (Å²) in [7, 11) is 0. The number of allylic oxidation sites excluding steroid dienone is 1. The molecule has 0 saturated heterocycles. The van der Waals surface area contributed by atoms with Gasteiger partial charge >= 0.3 is 11.9 Å². The molecule has 132 valence electrons. The van der Waals surface area contributed by atoms with Crippen LogP contribution in [0.3, 0.4) is 0 Å². The van der Waals surface area contributed by atoms with Crippen LogP contribution in [0, 0.1) is 22.2 Å². The minimum Gasteiger partial charge on any atom is -0.464 e. The highest BCUT2D eigenvalue weighted by Crippen LogP contribution is 2.41. The smallest absolute Gasteiger partial charge is 0.311 e. The van der Waals surface area contributed by atoms with Gasteiger partial charge in [-0.3, -0.25) is 9.59 Å². The molecular formula is C19H32O4. The molecule has 0 spiro atoms. The van der Waals surface area contributed by atoms with E-state index in [2.05, 4.69) is 19.9 Å². The molecule has 0 saturated carbocycles. The second-order valence-corrected chi connectivity index (χ2v) is 9.01. The van der Waals surface area contributed by atoms with Gasteiger partial charge in [-0.25, -0.2) is 0 Å². The van der Waals surface area contributed by atoms with Crippen LogP contribution in [-0.2, 0) is 19.1 Å². The largest absolute Gasteiger partial charge is 0.464 e. The summed E-state index contributed by atoms with van der Waals surface area (Å²) >= 11 is 0. The summed E-state index contributed by atoms with van der Waals surface area (Å²) in [6, 6.07) is 0. The molecule has 0 aromatic carbocycles. The molecule has 1 atom stereocenters. The molecule has 1 aliphatic carbocycles. The second-order valence-electron chi connectivity index (χ2n) is 9.01. The maximum atomic E-state index is 12.1. The third kappa shape index (κ3) is 5.36. The molecule has 4 heteroatoms. The molecule has 0 radical (unpaired) electrons. The minimum absolute atomic E-state index is 0.232. The number of esters is 2. The average molecular weight is 324 g/mol. The normalized spacial score (nSPS) is 20.9. The van der Waals surface area contributed by atoms with E-state index in [0.29, 0.717) is 5.92 Å². The van der Waals surface area contributed by atoms with E-state index in [4.69, 9.17) is 9.47 Å². The maximum absolute atomic E-state index is 12.1. The van der Waals surface area contributed by atoms with Crippen molar-refractivity contribution in [1.29, 1.82) is 0 Å². The van der Waals surface area contributed by atoms with Gasteiger partial charge in [0, 0.05) is 0 Å². The molecule has 23 heavy (non-hydrogen) atoms. The fourth-order valence-corrected chi connectivity index (χ4v) is 2.55. The Morgan fingerprint density at radius 2 is 1.43 bits per heavy atom. The molecule has 0 fully saturated rings. The van der Waals surface area contributed by atoms with Crippen LogP contribution in [-0.4, -0.2) is 25.2 Å². The van der Waals surface area contributed by atoms with Crippen molar-refractivity contribution in [2.75, 3.05) is 13.2 Å². The van der Waals surface area contributed by atoms with Crippen molar-refractivity contribution < 1.29 is 19.1 Å². The Bertz CT molecular complexity index is 458. The van der Waals surface area contributed by atoms with Crippen molar-refractivity contribution in [3.63, 3.8) is 0 Å². The standard InChI is InChI=1S/C19H32O4/c1-13-9-19(10-14(13)2,11-22-15(20)17(3,4)5)12-23-16(21)18(6,7)8/h9,14H,10-12H2,1-8H3. The summed E-state index contributed by atoms with van der Waals surface area (Å²) < 4.78 is 11.1. The molecule has 0 aromatic heterocycles. The van der Waals surface area contributed by atoms with Gasteiger partial charge in [-0.05, 0) is 60.8 Å². The van der Waals surface area contributed by atoms with Gasteiger partial charge in [0.1, 0.15) is 13.2 Å². The predicted octanol–water partition coefficient (Wildman–Crippen LogP) is 4.14.